The zero-order valence-electron chi connectivity index (χ0n) is 21.7. The summed E-state index contributed by atoms with van der Waals surface area (Å²) in [6.45, 7) is 1.75. The fraction of sp³-hybridized carbons (Fsp3) is 0.346. The number of pyridine rings is 1. The number of carbonyl (C=O) groups excluding carboxylic acids is 2. The number of aromatic hydroxyl groups is 1. The molecule has 3 heterocycles. The number of aromatic nitrogens is 3. The molecule has 11 nitrogen and oxygen atoms in total. The van der Waals surface area contributed by atoms with E-state index in [9.17, 15) is 36.3 Å². The number of aryl methyl sites for hydroxylation is 1. The average Bonchev–Trinajstić information content (AvgIpc) is 2.95. The summed E-state index contributed by atoms with van der Waals surface area (Å²) in [5.41, 5.74) is 2.25. The Bertz CT molecular complexity index is 1490. The van der Waals surface area contributed by atoms with E-state index in [1.54, 1.807) is 21.9 Å². The molecule has 3 aromatic rings. The van der Waals surface area contributed by atoms with Gasteiger partial charge in [-0.25, -0.2) is 13.1 Å². The van der Waals surface area contributed by atoms with Gasteiger partial charge in [-0.2, -0.15) is 13.2 Å². The van der Waals surface area contributed by atoms with E-state index in [0.717, 1.165) is 16.7 Å². The number of anilines is 1. The minimum absolute atomic E-state index is 0.0154. The highest BCUT2D eigenvalue weighted by Gasteiger charge is 2.31. The molecule has 4 rings (SSSR count). The van der Waals surface area contributed by atoms with Crippen molar-refractivity contribution in [2.24, 2.45) is 0 Å². The van der Waals surface area contributed by atoms with E-state index in [-0.39, 0.29) is 17.4 Å². The van der Waals surface area contributed by atoms with Gasteiger partial charge >= 0.3 is 6.18 Å². The topological polar surface area (TPSA) is 146 Å². The molecule has 0 spiro atoms. The maximum atomic E-state index is 12.9. The first-order valence-corrected chi connectivity index (χ1v) is 14.3. The van der Waals surface area contributed by atoms with Crippen LogP contribution in [0.1, 0.15) is 28.9 Å². The van der Waals surface area contributed by atoms with E-state index in [4.69, 9.17) is 0 Å². The molecule has 41 heavy (non-hydrogen) atoms. The molecule has 1 saturated heterocycles. The van der Waals surface area contributed by atoms with Gasteiger partial charge in [-0.1, -0.05) is 24.3 Å². The summed E-state index contributed by atoms with van der Waals surface area (Å²) < 4.78 is 61.9. The van der Waals surface area contributed by atoms with E-state index < -0.39 is 34.3 Å². The van der Waals surface area contributed by atoms with Crippen LogP contribution in [0.25, 0.3) is 11.1 Å². The third-order valence-electron chi connectivity index (χ3n) is 6.40. The second kappa shape index (κ2) is 12.5. The van der Waals surface area contributed by atoms with E-state index in [1.807, 2.05) is 29.2 Å². The summed E-state index contributed by atoms with van der Waals surface area (Å²) in [5, 5.41) is 17.4. The predicted molar refractivity (Wildman–Crippen MR) is 142 cm³/mol. The first-order valence-electron chi connectivity index (χ1n) is 12.6. The smallest absolute Gasteiger partial charge is 0.390 e. The van der Waals surface area contributed by atoms with Gasteiger partial charge in [0, 0.05) is 44.4 Å². The van der Waals surface area contributed by atoms with Crippen molar-refractivity contribution in [3.8, 4) is 16.9 Å². The fourth-order valence-electron chi connectivity index (χ4n) is 4.29. The van der Waals surface area contributed by atoms with Crippen molar-refractivity contribution in [1.29, 1.82) is 0 Å². The number of carbonyl (C=O) groups is 2. The molecule has 0 aliphatic carbocycles. The number of halogens is 3. The molecule has 1 aromatic carbocycles. The molecule has 1 aliphatic heterocycles. The lowest BCUT2D eigenvalue weighted by Crippen LogP contribution is -2.49. The lowest BCUT2D eigenvalue weighted by molar-refractivity contribution is -0.131. The number of nitrogens with one attached hydrogen (secondary N) is 1. The van der Waals surface area contributed by atoms with Crippen molar-refractivity contribution in [2.45, 2.75) is 25.4 Å². The van der Waals surface area contributed by atoms with Gasteiger partial charge in [-0.3, -0.25) is 14.6 Å². The Morgan fingerprint density at radius 3 is 2.39 bits per heavy atom. The SMILES string of the molecule is O=C(NS(=O)(=O)CCC(F)(F)F)c1ccc(N2CCN(C(=O)CCc3ccccc3-c3cncc(O)c3)CC2)nn1. The van der Waals surface area contributed by atoms with Gasteiger partial charge in [0.05, 0.1) is 18.4 Å². The highest BCUT2D eigenvalue weighted by atomic mass is 32.2. The number of hydrogen-bond donors (Lipinski definition) is 2. The molecule has 15 heteroatoms. The molecule has 2 aromatic heterocycles. The maximum Gasteiger partial charge on any atom is 0.390 e. The molecule has 2 N–H and O–H groups in total. The first-order chi connectivity index (χ1) is 19.4. The molecule has 0 unspecified atom stereocenters. The minimum Gasteiger partial charge on any atom is -0.506 e. The van der Waals surface area contributed by atoms with Crippen molar-refractivity contribution >= 4 is 27.7 Å². The van der Waals surface area contributed by atoms with Crippen LogP contribution in [-0.2, 0) is 21.2 Å². The zero-order chi connectivity index (χ0) is 29.6. The molecular formula is C26H27F3N6O5S. The van der Waals surface area contributed by atoms with Gasteiger partial charge in [0.2, 0.25) is 15.9 Å². The van der Waals surface area contributed by atoms with Crippen LogP contribution >= 0.6 is 0 Å². The Hall–Kier alpha value is -4.27. The molecule has 0 bridgehead atoms. The molecule has 0 radical (unpaired) electrons. The lowest BCUT2D eigenvalue weighted by atomic mass is 9.97. The van der Waals surface area contributed by atoms with Gasteiger partial charge in [-0.15, -0.1) is 10.2 Å². The highest BCUT2D eigenvalue weighted by molar-refractivity contribution is 7.90. The Balaban J connectivity index is 1.28. The average molecular weight is 593 g/mol. The van der Waals surface area contributed by atoms with Crippen LogP contribution in [0.5, 0.6) is 5.75 Å². The van der Waals surface area contributed by atoms with Crippen LogP contribution in [0, 0.1) is 0 Å². The standard InChI is InChI=1S/C26H27F3N6O5S/c27-26(28,29)9-14-41(39,40)33-25(38)22-6-7-23(32-31-22)34-10-12-35(13-11-34)24(37)8-5-18-3-1-2-4-21(18)19-15-20(36)17-30-16-19/h1-4,6-7,15-17,36H,5,8-14H2,(H,33,38). The van der Waals surface area contributed by atoms with Crippen molar-refractivity contribution in [3.63, 3.8) is 0 Å². The predicted octanol–water partition coefficient (Wildman–Crippen LogP) is 2.54. The van der Waals surface area contributed by atoms with E-state index >= 15 is 0 Å². The number of sulfonamides is 1. The second-order valence-electron chi connectivity index (χ2n) is 9.35. The van der Waals surface area contributed by atoms with Crippen LogP contribution in [0.3, 0.4) is 0 Å². The monoisotopic (exact) mass is 592 g/mol. The normalized spacial score (nSPS) is 14.1. The Labute approximate surface area is 234 Å². The third kappa shape index (κ3) is 8.36. The van der Waals surface area contributed by atoms with Gasteiger partial charge in [0.1, 0.15) is 5.75 Å². The highest BCUT2D eigenvalue weighted by Crippen LogP contribution is 2.27. The molecule has 218 valence electrons. The van der Waals surface area contributed by atoms with Gasteiger partial charge < -0.3 is 14.9 Å². The van der Waals surface area contributed by atoms with Crippen molar-refractivity contribution < 1.29 is 36.3 Å². The van der Waals surface area contributed by atoms with Gasteiger partial charge in [-0.05, 0) is 35.7 Å². The third-order valence-corrected chi connectivity index (χ3v) is 7.64. The van der Waals surface area contributed by atoms with Crippen LogP contribution in [0.15, 0.2) is 54.9 Å². The van der Waals surface area contributed by atoms with Crippen LogP contribution in [0.4, 0.5) is 19.0 Å². The Morgan fingerprint density at radius 2 is 1.73 bits per heavy atom. The summed E-state index contributed by atoms with van der Waals surface area (Å²) in [5.74, 6) is -2.01. The number of amides is 2. The molecule has 0 saturated carbocycles. The van der Waals surface area contributed by atoms with E-state index in [2.05, 4.69) is 15.2 Å². The lowest BCUT2D eigenvalue weighted by Gasteiger charge is -2.35. The summed E-state index contributed by atoms with van der Waals surface area (Å²) >= 11 is 0. The molecule has 1 aliphatic rings. The minimum atomic E-state index is -4.68. The summed E-state index contributed by atoms with van der Waals surface area (Å²) in [6.07, 6.45) is -2.46. The number of piperazine rings is 1. The number of benzene rings is 1. The van der Waals surface area contributed by atoms with E-state index in [1.165, 1.54) is 18.3 Å². The number of rotatable bonds is 9. The quantitative estimate of drug-likeness (QED) is 0.383. The molecule has 2 amide bonds. The molecule has 1 fully saturated rings. The van der Waals surface area contributed by atoms with Crippen LogP contribution < -0.4 is 9.62 Å². The fourth-order valence-corrected chi connectivity index (χ4v) is 5.28. The van der Waals surface area contributed by atoms with Crippen molar-refractivity contribution in [2.75, 3.05) is 36.8 Å². The zero-order valence-corrected chi connectivity index (χ0v) is 22.5. The maximum absolute atomic E-state index is 12.9. The second-order valence-corrected chi connectivity index (χ2v) is 11.2. The summed E-state index contributed by atoms with van der Waals surface area (Å²) in [4.78, 5) is 32.7. The van der Waals surface area contributed by atoms with Crippen LogP contribution in [0.2, 0.25) is 0 Å². The largest absolute Gasteiger partial charge is 0.506 e. The number of hydrogen-bond acceptors (Lipinski definition) is 9. The molecule has 0 atom stereocenters. The van der Waals surface area contributed by atoms with Gasteiger partial charge in [0.15, 0.2) is 11.5 Å². The number of nitrogens with zero attached hydrogens (tertiary/aromatic N) is 5. The van der Waals surface area contributed by atoms with Gasteiger partial charge in [0.25, 0.3) is 5.91 Å². The Kier molecular flexibility index (Phi) is 9.05. The first kappa shape index (κ1) is 29.7. The summed E-state index contributed by atoms with van der Waals surface area (Å²) in [6, 6.07) is 11.9. The molecular weight excluding hydrogens is 565 g/mol. The number of alkyl halides is 3. The van der Waals surface area contributed by atoms with E-state index in [0.29, 0.717) is 44.8 Å². The van der Waals surface area contributed by atoms with Crippen molar-refractivity contribution in [1.82, 2.24) is 24.8 Å². The van der Waals surface area contributed by atoms with Crippen LogP contribution in [-0.4, -0.2) is 83.5 Å². The summed E-state index contributed by atoms with van der Waals surface area (Å²) in [7, 11) is -4.50. The van der Waals surface area contributed by atoms with Crippen molar-refractivity contribution in [3.05, 3.63) is 66.1 Å². The Morgan fingerprint density at radius 1 is 1.00 bits per heavy atom.